The molecule has 0 aliphatic carbocycles. The first-order valence-corrected chi connectivity index (χ1v) is 9.59. The van der Waals surface area contributed by atoms with E-state index in [2.05, 4.69) is 10.3 Å². The molecular formula is C20H24N2O10. The maximum absolute atomic E-state index is 12.6. The van der Waals surface area contributed by atoms with E-state index in [-0.39, 0.29) is 5.56 Å². The highest BCUT2D eigenvalue weighted by molar-refractivity contribution is 5.89. The first-order valence-electron chi connectivity index (χ1n) is 9.59. The van der Waals surface area contributed by atoms with Crippen molar-refractivity contribution in [2.75, 3.05) is 6.61 Å². The number of nitrogens with one attached hydrogen (secondary N) is 1. The molecule has 174 valence electrons. The molecule has 0 bridgehead atoms. The summed E-state index contributed by atoms with van der Waals surface area (Å²) in [6.07, 6.45) is -2.53. The van der Waals surface area contributed by atoms with Crippen LogP contribution in [0.15, 0.2) is 24.5 Å². The standard InChI is InChI=1S/C20H24N2O10/c1-10(23)22-16-18(30-13(4)26)17(29-12(3)25)15(9-28-11(2)24)31-20(16)32-19(27)14-6-5-7-21-8-14/h5-8,15-18,20H,9H2,1-4H3,(H,22,23)/t15-,16+,17+,18+,20-/m0/s1. The summed E-state index contributed by atoms with van der Waals surface area (Å²) >= 11 is 0. The van der Waals surface area contributed by atoms with Crippen LogP contribution in [0, 0.1) is 0 Å². The summed E-state index contributed by atoms with van der Waals surface area (Å²) in [5, 5.41) is 2.50. The number of pyridine rings is 1. The van der Waals surface area contributed by atoms with Crippen LogP contribution in [-0.2, 0) is 42.9 Å². The summed E-state index contributed by atoms with van der Waals surface area (Å²) in [5.74, 6) is -3.54. The first kappa shape index (κ1) is 24.7. The molecule has 2 rings (SSSR count). The van der Waals surface area contributed by atoms with Crippen LogP contribution in [0.1, 0.15) is 38.1 Å². The molecule has 12 heteroatoms. The molecule has 0 saturated carbocycles. The Balaban J connectivity index is 2.42. The lowest BCUT2D eigenvalue weighted by molar-refractivity contribution is -0.263. The van der Waals surface area contributed by atoms with E-state index in [9.17, 15) is 24.0 Å². The zero-order valence-corrected chi connectivity index (χ0v) is 17.9. The molecule has 1 amide bonds. The van der Waals surface area contributed by atoms with E-state index in [1.54, 1.807) is 0 Å². The van der Waals surface area contributed by atoms with Gasteiger partial charge in [-0.3, -0.25) is 24.2 Å². The molecule has 5 atom stereocenters. The summed E-state index contributed by atoms with van der Waals surface area (Å²) in [6.45, 7) is 4.18. The molecule has 32 heavy (non-hydrogen) atoms. The Bertz CT molecular complexity index is 859. The number of esters is 4. The number of ether oxygens (including phenoxy) is 5. The largest absolute Gasteiger partial charge is 0.463 e. The molecule has 1 aliphatic heterocycles. The van der Waals surface area contributed by atoms with Crippen molar-refractivity contribution in [3.8, 4) is 0 Å². The van der Waals surface area contributed by atoms with Gasteiger partial charge in [0.05, 0.1) is 5.56 Å². The number of aromatic nitrogens is 1. The van der Waals surface area contributed by atoms with Crippen molar-refractivity contribution >= 4 is 29.8 Å². The SMILES string of the molecule is CC(=O)N[C@H]1[C@H](OC(=O)c2cccnc2)O[C@@H](COC(C)=O)[C@@H](OC(C)=O)[C@@H]1OC(C)=O. The van der Waals surface area contributed by atoms with Crippen LogP contribution in [0.25, 0.3) is 0 Å². The number of carbonyl (C=O) groups is 5. The summed E-state index contributed by atoms with van der Waals surface area (Å²) in [6, 6.07) is 1.73. The molecule has 1 aliphatic rings. The van der Waals surface area contributed by atoms with E-state index in [1.165, 1.54) is 31.5 Å². The molecule has 0 radical (unpaired) electrons. The van der Waals surface area contributed by atoms with Gasteiger partial charge in [0, 0.05) is 40.1 Å². The topological polar surface area (TPSA) is 156 Å². The number of hydrogen-bond donors (Lipinski definition) is 1. The van der Waals surface area contributed by atoms with Gasteiger partial charge in [0.2, 0.25) is 12.2 Å². The Labute approximate surface area is 183 Å². The molecule has 1 aromatic heterocycles. The molecule has 1 N–H and O–H groups in total. The van der Waals surface area contributed by atoms with Gasteiger partial charge in [-0.15, -0.1) is 0 Å². The lowest BCUT2D eigenvalue weighted by Gasteiger charge is -2.44. The molecule has 0 unspecified atom stereocenters. The Hall–Kier alpha value is -3.54. The van der Waals surface area contributed by atoms with Gasteiger partial charge in [0.1, 0.15) is 18.8 Å². The summed E-state index contributed by atoms with van der Waals surface area (Å²) < 4.78 is 26.7. The minimum atomic E-state index is -1.48. The van der Waals surface area contributed by atoms with Gasteiger partial charge in [-0.1, -0.05) is 0 Å². The third kappa shape index (κ3) is 7.01. The fourth-order valence-electron chi connectivity index (χ4n) is 3.05. The van der Waals surface area contributed by atoms with Gasteiger partial charge in [-0.05, 0) is 12.1 Å². The Kier molecular flexibility index (Phi) is 8.64. The number of hydrogen-bond acceptors (Lipinski definition) is 11. The van der Waals surface area contributed by atoms with Crippen molar-refractivity contribution < 1.29 is 47.7 Å². The van der Waals surface area contributed by atoms with Gasteiger partial charge in [-0.2, -0.15) is 0 Å². The van der Waals surface area contributed by atoms with Crippen LogP contribution in [0.5, 0.6) is 0 Å². The number of nitrogens with zero attached hydrogens (tertiary/aromatic N) is 1. The average molecular weight is 452 g/mol. The van der Waals surface area contributed by atoms with Gasteiger partial charge < -0.3 is 29.0 Å². The van der Waals surface area contributed by atoms with Crippen molar-refractivity contribution in [1.29, 1.82) is 0 Å². The third-order valence-electron chi connectivity index (χ3n) is 4.19. The van der Waals surface area contributed by atoms with Crippen LogP contribution < -0.4 is 5.32 Å². The number of rotatable bonds is 7. The van der Waals surface area contributed by atoms with E-state index in [0.717, 1.165) is 20.8 Å². The predicted octanol–water partition coefficient (Wildman–Crippen LogP) is -0.105. The Morgan fingerprint density at radius 2 is 1.62 bits per heavy atom. The molecule has 0 aromatic carbocycles. The van der Waals surface area contributed by atoms with E-state index in [0.29, 0.717) is 0 Å². The lowest BCUT2D eigenvalue weighted by Crippen LogP contribution is -2.66. The maximum Gasteiger partial charge on any atom is 0.342 e. The van der Waals surface area contributed by atoms with Gasteiger partial charge in [0.15, 0.2) is 12.2 Å². The van der Waals surface area contributed by atoms with Crippen LogP contribution in [-0.4, -0.2) is 72.0 Å². The fraction of sp³-hybridized carbons (Fsp3) is 0.500. The molecule has 0 spiro atoms. The van der Waals surface area contributed by atoms with E-state index in [4.69, 9.17) is 23.7 Å². The third-order valence-corrected chi connectivity index (χ3v) is 4.19. The first-order chi connectivity index (χ1) is 15.1. The van der Waals surface area contributed by atoms with Crippen molar-refractivity contribution in [3.63, 3.8) is 0 Å². The van der Waals surface area contributed by atoms with Crippen molar-refractivity contribution in [2.24, 2.45) is 0 Å². The van der Waals surface area contributed by atoms with Gasteiger partial charge >= 0.3 is 23.9 Å². The summed E-state index contributed by atoms with van der Waals surface area (Å²) in [5.41, 5.74) is 0.0976. The van der Waals surface area contributed by atoms with Crippen LogP contribution in [0.2, 0.25) is 0 Å². The minimum Gasteiger partial charge on any atom is -0.463 e. The highest BCUT2D eigenvalue weighted by Gasteiger charge is 2.52. The minimum absolute atomic E-state index is 0.0976. The highest BCUT2D eigenvalue weighted by atomic mass is 16.7. The number of carbonyl (C=O) groups excluding carboxylic acids is 5. The van der Waals surface area contributed by atoms with Gasteiger partial charge in [0.25, 0.3) is 0 Å². The second-order valence-electron chi connectivity index (χ2n) is 6.87. The molecular weight excluding hydrogens is 428 g/mol. The Morgan fingerprint density at radius 3 is 2.16 bits per heavy atom. The second-order valence-corrected chi connectivity index (χ2v) is 6.87. The zero-order chi connectivity index (χ0) is 23.8. The summed E-state index contributed by atoms with van der Waals surface area (Å²) in [4.78, 5) is 63.0. The highest BCUT2D eigenvalue weighted by Crippen LogP contribution is 2.28. The molecule has 1 saturated heterocycles. The number of amides is 1. The van der Waals surface area contributed by atoms with E-state index < -0.39 is 67.0 Å². The molecule has 1 aromatic rings. The Morgan fingerprint density at radius 1 is 0.969 bits per heavy atom. The maximum atomic E-state index is 12.6. The molecule has 12 nitrogen and oxygen atoms in total. The molecule has 2 heterocycles. The van der Waals surface area contributed by atoms with Crippen LogP contribution in [0.4, 0.5) is 0 Å². The average Bonchev–Trinajstić information content (AvgIpc) is 2.70. The zero-order valence-electron chi connectivity index (χ0n) is 17.9. The van der Waals surface area contributed by atoms with Crippen molar-refractivity contribution in [2.45, 2.75) is 58.3 Å². The van der Waals surface area contributed by atoms with Crippen LogP contribution in [0.3, 0.4) is 0 Å². The molecule has 1 fully saturated rings. The monoisotopic (exact) mass is 452 g/mol. The normalized spacial score (nSPS) is 24.6. The lowest BCUT2D eigenvalue weighted by atomic mass is 9.96. The fourth-order valence-corrected chi connectivity index (χ4v) is 3.05. The van der Waals surface area contributed by atoms with E-state index >= 15 is 0 Å². The van der Waals surface area contributed by atoms with E-state index in [1.807, 2.05) is 0 Å². The van der Waals surface area contributed by atoms with Crippen molar-refractivity contribution in [3.05, 3.63) is 30.1 Å². The predicted molar refractivity (Wildman–Crippen MR) is 104 cm³/mol. The van der Waals surface area contributed by atoms with Crippen molar-refractivity contribution in [1.82, 2.24) is 10.3 Å². The smallest absolute Gasteiger partial charge is 0.342 e. The second kappa shape index (κ2) is 11.2. The quantitative estimate of drug-likeness (QED) is 0.435. The van der Waals surface area contributed by atoms with Crippen LogP contribution >= 0.6 is 0 Å². The van der Waals surface area contributed by atoms with Gasteiger partial charge in [-0.25, -0.2) is 4.79 Å². The summed E-state index contributed by atoms with van der Waals surface area (Å²) in [7, 11) is 0.